The number of rotatable bonds is 2. The molecule has 2 atom stereocenters. The van der Waals surface area contributed by atoms with E-state index in [0.29, 0.717) is 13.0 Å². The number of aliphatic hydroxyl groups excluding tert-OH is 2. The SMILES string of the molecule is CC(C)(C)OC(=O)N1CCCC[C@@H]1[C@H](O)CO. The summed E-state index contributed by atoms with van der Waals surface area (Å²) in [5.41, 5.74) is -0.538. The summed E-state index contributed by atoms with van der Waals surface area (Å²) < 4.78 is 5.30. The Balaban J connectivity index is 2.67. The van der Waals surface area contributed by atoms with Gasteiger partial charge in [0.1, 0.15) is 5.60 Å². The van der Waals surface area contributed by atoms with Gasteiger partial charge in [0.05, 0.1) is 18.8 Å². The van der Waals surface area contributed by atoms with Crippen LogP contribution in [0.1, 0.15) is 40.0 Å². The van der Waals surface area contributed by atoms with E-state index in [-0.39, 0.29) is 12.6 Å². The van der Waals surface area contributed by atoms with E-state index in [2.05, 4.69) is 0 Å². The van der Waals surface area contributed by atoms with Crippen molar-refractivity contribution in [1.82, 2.24) is 4.90 Å². The minimum Gasteiger partial charge on any atom is -0.444 e. The average molecular weight is 245 g/mol. The van der Waals surface area contributed by atoms with Crippen LogP contribution in [0.2, 0.25) is 0 Å². The monoisotopic (exact) mass is 245 g/mol. The molecule has 1 saturated heterocycles. The van der Waals surface area contributed by atoms with Crippen LogP contribution in [0.25, 0.3) is 0 Å². The lowest BCUT2D eigenvalue weighted by Gasteiger charge is -2.38. The van der Waals surface area contributed by atoms with Crippen molar-refractivity contribution in [3.8, 4) is 0 Å². The third-order valence-electron chi connectivity index (χ3n) is 2.81. The molecule has 0 saturated carbocycles. The summed E-state index contributed by atoms with van der Waals surface area (Å²) in [5.74, 6) is 0. The van der Waals surface area contributed by atoms with Gasteiger partial charge >= 0.3 is 6.09 Å². The number of carbonyl (C=O) groups excluding carboxylic acids is 1. The summed E-state index contributed by atoms with van der Waals surface area (Å²) in [6.45, 7) is 5.69. The third kappa shape index (κ3) is 4.16. The van der Waals surface area contributed by atoms with E-state index in [1.165, 1.54) is 4.90 Å². The molecule has 0 spiro atoms. The molecule has 2 N–H and O–H groups in total. The maximum Gasteiger partial charge on any atom is 0.410 e. The van der Waals surface area contributed by atoms with Gasteiger partial charge in [0.2, 0.25) is 0 Å². The molecule has 17 heavy (non-hydrogen) atoms. The molecule has 0 unspecified atom stereocenters. The van der Waals surface area contributed by atoms with E-state index < -0.39 is 17.8 Å². The van der Waals surface area contributed by atoms with Gasteiger partial charge in [-0.2, -0.15) is 0 Å². The fourth-order valence-electron chi connectivity index (χ4n) is 2.03. The molecule has 1 rings (SSSR count). The van der Waals surface area contributed by atoms with E-state index in [1.54, 1.807) is 0 Å². The molecule has 0 aromatic carbocycles. The molecule has 5 nitrogen and oxygen atoms in total. The van der Waals surface area contributed by atoms with E-state index in [0.717, 1.165) is 12.8 Å². The van der Waals surface area contributed by atoms with Crippen LogP contribution in [0.3, 0.4) is 0 Å². The Morgan fingerprint density at radius 3 is 2.65 bits per heavy atom. The highest BCUT2D eigenvalue weighted by Crippen LogP contribution is 2.22. The fourth-order valence-corrected chi connectivity index (χ4v) is 2.03. The summed E-state index contributed by atoms with van der Waals surface area (Å²) in [6.07, 6.45) is 1.29. The van der Waals surface area contributed by atoms with Crippen molar-refractivity contribution in [2.75, 3.05) is 13.2 Å². The maximum atomic E-state index is 12.0. The van der Waals surface area contributed by atoms with E-state index in [1.807, 2.05) is 20.8 Å². The minimum absolute atomic E-state index is 0.329. The lowest BCUT2D eigenvalue weighted by atomic mass is 9.98. The predicted molar refractivity (Wildman–Crippen MR) is 63.7 cm³/mol. The van der Waals surface area contributed by atoms with Crippen LogP contribution in [-0.4, -0.2) is 52.1 Å². The van der Waals surface area contributed by atoms with E-state index in [4.69, 9.17) is 9.84 Å². The van der Waals surface area contributed by atoms with Crippen LogP contribution in [-0.2, 0) is 4.74 Å². The number of hydrogen-bond acceptors (Lipinski definition) is 4. The zero-order valence-electron chi connectivity index (χ0n) is 10.8. The lowest BCUT2D eigenvalue weighted by molar-refractivity contribution is -0.0290. The first kappa shape index (κ1) is 14.3. The second-order valence-corrected chi connectivity index (χ2v) is 5.49. The van der Waals surface area contributed by atoms with Gasteiger partial charge in [0.15, 0.2) is 0 Å². The Kier molecular flexibility index (Phi) is 4.77. The lowest BCUT2D eigenvalue weighted by Crippen LogP contribution is -2.52. The van der Waals surface area contributed by atoms with Gasteiger partial charge in [0, 0.05) is 6.54 Å². The largest absolute Gasteiger partial charge is 0.444 e. The molecule has 0 aliphatic carbocycles. The molecule has 1 heterocycles. The van der Waals surface area contributed by atoms with Crippen molar-refractivity contribution in [2.45, 2.75) is 57.8 Å². The van der Waals surface area contributed by atoms with Crippen LogP contribution < -0.4 is 0 Å². The molecule has 0 aromatic heterocycles. The van der Waals surface area contributed by atoms with Gasteiger partial charge in [-0.25, -0.2) is 4.79 Å². The molecule has 1 amide bonds. The Bertz CT molecular complexity index is 262. The molecular weight excluding hydrogens is 222 g/mol. The van der Waals surface area contributed by atoms with Crippen molar-refractivity contribution >= 4 is 6.09 Å². The quantitative estimate of drug-likeness (QED) is 0.765. The van der Waals surface area contributed by atoms with Crippen LogP contribution >= 0.6 is 0 Å². The highest BCUT2D eigenvalue weighted by atomic mass is 16.6. The van der Waals surface area contributed by atoms with Gasteiger partial charge in [-0.15, -0.1) is 0 Å². The molecule has 0 radical (unpaired) electrons. The Morgan fingerprint density at radius 1 is 1.47 bits per heavy atom. The summed E-state index contributed by atoms with van der Waals surface area (Å²) >= 11 is 0. The fraction of sp³-hybridized carbons (Fsp3) is 0.917. The second kappa shape index (κ2) is 5.69. The number of ether oxygens (including phenoxy) is 1. The predicted octanol–water partition coefficient (Wildman–Crippen LogP) is 1.13. The summed E-state index contributed by atoms with van der Waals surface area (Å²) in [4.78, 5) is 13.5. The average Bonchev–Trinajstić information content (AvgIpc) is 2.25. The molecule has 100 valence electrons. The van der Waals surface area contributed by atoms with Crippen molar-refractivity contribution in [3.63, 3.8) is 0 Å². The van der Waals surface area contributed by atoms with Crippen LogP contribution in [0, 0.1) is 0 Å². The zero-order chi connectivity index (χ0) is 13.1. The van der Waals surface area contributed by atoms with Crippen molar-refractivity contribution < 1.29 is 19.7 Å². The molecule has 1 aliphatic heterocycles. The summed E-state index contributed by atoms with van der Waals surface area (Å²) in [7, 11) is 0. The topological polar surface area (TPSA) is 70.0 Å². The van der Waals surface area contributed by atoms with Gasteiger partial charge in [-0.05, 0) is 40.0 Å². The zero-order valence-corrected chi connectivity index (χ0v) is 10.8. The molecule has 5 heteroatoms. The van der Waals surface area contributed by atoms with Crippen molar-refractivity contribution in [2.24, 2.45) is 0 Å². The molecular formula is C12H23NO4. The first-order chi connectivity index (χ1) is 7.85. The minimum atomic E-state index is -0.886. The number of nitrogens with zero attached hydrogens (tertiary/aromatic N) is 1. The number of likely N-dealkylation sites (tertiary alicyclic amines) is 1. The van der Waals surface area contributed by atoms with Crippen molar-refractivity contribution in [3.05, 3.63) is 0 Å². The first-order valence-corrected chi connectivity index (χ1v) is 6.13. The highest BCUT2D eigenvalue weighted by molar-refractivity contribution is 5.68. The molecule has 0 bridgehead atoms. The second-order valence-electron chi connectivity index (χ2n) is 5.49. The van der Waals surface area contributed by atoms with Crippen LogP contribution in [0.5, 0.6) is 0 Å². The molecule has 0 aromatic rings. The number of aliphatic hydroxyl groups is 2. The van der Waals surface area contributed by atoms with Gasteiger partial charge in [-0.1, -0.05) is 0 Å². The third-order valence-corrected chi connectivity index (χ3v) is 2.81. The highest BCUT2D eigenvalue weighted by Gasteiger charge is 2.34. The summed E-state index contributed by atoms with van der Waals surface area (Å²) in [5, 5.41) is 18.7. The Labute approximate surface area is 102 Å². The summed E-state index contributed by atoms with van der Waals surface area (Å²) in [6, 6.07) is -0.330. The number of carbonyl (C=O) groups is 1. The normalized spacial score (nSPS) is 23.4. The van der Waals surface area contributed by atoms with Crippen LogP contribution in [0.4, 0.5) is 4.79 Å². The molecule has 1 fully saturated rings. The van der Waals surface area contributed by atoms with E-state index >= 15 is 0 Å². The van der Waals surface area contributed by atoms with Crippen LogP contribution in [0.15, 0.2) is 0 Å². The van der Waals surface area contributed by atoms with E-state index in [9.17, 15) is 9.90 Å². The Hall–Kier alpha value is -0.810. The number of piperidine rings is 1. The van der Waals surface area contributed by atoms with Gasteiger partial charge in [-0.3, -0.25) is 0 Å². The molecule has 1 aliphatic rings. The number of amides is 1. The Morgan fingerprint density at radius 2 is 2.12 bits per heavy atom. The smallest absolute Gasteiger partial charge is 0.410 e. The standard InChI is InChI=1S/C12H23NO4/c1-12(2,3)17-11(16)13-7-5-4-6-9(13)10(15)8-14/h9-10,14-15H,4-8H2,1-3H3/t9-,10-/m1/s1. The number of hydrogen-bond donors (Lipinski definition) is 2. The van der Waals surface area contributed by atoms with Crippen molar-refractivity contribution in [1.29, 1.82) is 0 Å². The van der Waals surface area contributed by atoms with Gasteiger partial charge in [0.25, 0.3) is 0 Å². The first-order valence-electron chi connectivity index (χ1n) is 6.13. The maximum absolute atomic E-state index is 12.0. The van der Waals surface area contributed by atoms with Gasteiger partial charge < -0.3 is 19.8 Å².